The summed E-state index contributed by atoms with van der Waals surface area (Å²) in [5.41, 5.74) is 6.31. The molecule has 2 aromatic rings. The molecule has 1 aliphatic rings. The summed E-state index contributed by atoms with van der Waals surface area (Å²) in [6.45, 7) is -0.787. The van der Waals surface area contributed by atoms with Gasteiger partial charge in [0.15, 0.2) is 11.5 Å². The van der Waals surface area contributed by atoms with Crippen molar-refractivity contribution < 1.29 is 85.8 Å². The van der Waals surface area contributed by atoms with E-state index in [0.29, 0.717) is 11.2 Å². The van der Waals surface area contributed by atoms with Gasteiger partial charge in [-0.05, 0) is 0 Å². The van der Waals surface area contributed by atoms with Crippen LogP contribution in [0.15, 0.2) is 12.7 Å². The molecule has 17 nitrogen and oxygen atoms in total. The monoisotopic (exact) mass is 529 g/mol. The van der Waals surface area contributed by atoms with E-state index in [2.05, 4.69) is 28.1 Å². The van der Waals surface area contributed by atoms with E-state index >= 15 is 0 Å². The summed E-state index contributed by atoms with van der Waals surface area (Å²) >= 11 is 0. The summed E-state index contributed by atoms with van der Waals surface area (Å²) in [5, 5.41) is 10.1. The van der Waals surface area contributed by atoms with Gasteiger partial charge in [0.1, 0.15) is 24.2 Å². The minimum Gasteiger partial charge on any atom is -0.390 e. The van der Waals surface area contributed by atoms with Crippen molar-refractivity contribution in [3.8, 4) is 0 Å². The van der Waals surface area contributed by atoms with E-state index < -0.39 is 48.5 Å². The third-order valence-corrected chi connectivity index (χ3v) is 7.52. The molecule has 7 N–H and O–H groups in total. The Morgan fingerprint density at radius 1 is 1.13 bits per heavy atom. The van der Waals surface area contributed by atoms with Crippen molar-refractivity contribution in [2.24, 2.45) is 0 Å². The topological polar surface area (TPSA) is 259 Å². The Morgan fingerprint density at radius 3 is 2.45 bits per heavy atom. The van der Waals surface area contributed by atoms with Gasteiger partial charge in [-0.15, -0.1) is 0 Å². The van der Waals surface area contributed by atoms with Crippen LogP contribution < -0.4 is 35.3 Å². The van der Waals surface area contributed by atoms with E-state index in [1.165, 1.54) is 17.2 Å². The van der Waals surface area contributed by atoms with Gasteiger partial charge in [0.2, 0.25) is 0 Å². The third kappa shape index (κ3) is 7.08. The quantitative estimate of drug-likeness (QED) is 0.0835. The van der Waals surface area contributed by atoms with Crippen molar-refractivity contribution in [3.05, 3.63) is 12.7 Å². The first-order valence-electron chi connectivity index (χ1n) is 7.81. The molecule has 0 aromatic carbocycles. The van der Waals surface area contributed by atoms with Crippen LogP contribution in [0.4, 0.5) is 5.82 Å². The zero-order valence-corrected chi connectivity index (χ0v) is 20.3. The summed E-state index contributed by atoms with van der Waals surface area (Å²) in [5.74, 6) is 0.126. The van der Waals surface area contributed by atoms with Gasteiger partial charge in [-0.25, -0.2) is 28.6 Å². The Bertz CT molecular complexity index is 1080. The minimum absolute atomic E-state index is 0. The number of aromatic nitrogens is 4. The number of anilines is 1. The molecule has 1 fully saturated rings. The molecule has 0 radical (unpaired) electrons. The predicted molar refractivity (Wildman–Crippen MR) is 94.1 cm³/mol. The number of phosphoric ester groups is 1. The van der Waals surface area contributed by atoms with Gasteiger partial charge in [0, 0.05) is 6.42 Å². The average molecular weight is 529 g/mol. The maximum absolute atomic E-state index is 11.8. The summed E-state index contributed by atoms with van der Waals surface area (Å²) in [6, 6.07) is 0. The second kappa shape index (κ2) is 9.89. The van der Waals surface area contributed by atoms with E-state index in [1.54, 1.807) is 0 Å². The fourth-order valence-electron chi connectivity index (χ4n) is 2.59. The largest absolute Gasteiger partial charge is 1.00 e. The molecule has 5 atom stereocenters. The summed E-state index contributed by atoms with van der Waals surface area (Å²) in [6.07, 6.45) is -0.643. The van der Waals surface area contributed by atoms with E-state index in [-0.39, 0.29) is 41.8 Å². The number of nitrogens with two attached hydrogens (primary N) is 1. The number of ether oxygens (including phenoxy) is 1. The number of rotatable bonds is 8. The van der Waals surface area contributed by atoms with Gasteiger partial charge < -0.3 is 35.2 Å². The number of nitrogens with zero attached hydrogens (tertiary/aromatic N) is 4. The van der Waals surface area contributed by atoms with E-state index in [4.69, 9.17) is 25.2 Å². The van der Waals surface area contributed by atoms with E-state index in [1.807, 2.05) is 0 Å². The Labute approximate surface area is 195 Å². The molecule has 168 valence electrons. The number of imidazole rings is 1. The SMILES string of the molecule is [15NH2][13c]1[15n][13cH][15n][13c]2[13c]1[15n][13cH][15n]2[13C@H]1[13CH2][13C@H](O)[13C@@H]([13CH2]OP(=O)(O)OP(=O)(O)OP(=O)(O)O)O1.[Na+]. The number of hydrogen-bond acceptors (Lipinski definition) is 12. The fraction of sp³-hybridized carbons (Fsp3) is 0.500. The maximum atomic E-state index is 11.8. The number of phosphoric acid groups is 3. The number of fused-ring (bicyclic) bond motifs is 1. The van der Waals surface area contributed by atoms with Crippen LogP contribution in [0, 0.1) is 0 Å². The molecular formula is C10H16N5NaO12P3+. The first kappa shape index (κ1) is 26.9. The van der Waals surface area contributed by atoms with Crippen LogP contribution in [0.25, 0.3) is 11.2 Å². The third-order valence-electron chi connectivity index (χ3n) is 3.72. The molecule has 0 aliphatic carbocycles. The normalized spacial score (nSPS) is 25.6. The Morgan fingerprint density at radius 2 is 1.81 bits per heavy atom. The molecule has 3 heterocycles. The van der Waals surface area contributed by atoms with Gasteiger partial charge in [0.05, 0.1) is 19.0 Å². The molecule has 2 unspecified atom stereocenters. The molecule has 1 saturated heterocycles. The predicted octanol–water partition coefficient (Wildman–Crippen LogP) is -3.60. The smallest absolute Gasteiger partial charge is 0.390 e. The number of aliphatic hydroxyl groups excluding tert-OH is 1. The van der Waals surface area contributed by atoms with Crippen LogP contribution in [0.5, 0.6) is 0 Å². The molecule has 0 amide bonds. The zero-order chi connectivity index (χ0) is 22.3. The van der Waals surface area contributed by atoms with Crippen LogP contribution in [0.1, 0.15) is 12.6 Å². The Balaban J connectivity index is 0.00000341. The van der Waals surface area contributed by atoms with Crippen molar-refractivity contribution >= 4 is 40.4 Å². The summed E-state index contributed by atoms with van der Waals surface area (Å²) < 4.78 is 52.3. The van der Waals surface area contributed by atoms with Crippen molar-refractivity contribution in [1.29, 1.82) is 0 Å². The van der Waals surface area contributed by atoms with Crippen LogP contribution in [-0.2, 0) is 31.6 Å². The second-order valence-electron chi connectivity index (χ2n) is 5.90. The van der Waals surface area contributed by atoms with Gasteiger partial charge in [-0.3, -0.25) is 9.09 Å². The Hall–Kier alpha value is -0.320. The second-order valence-corrected chi connectivity index (χ2v) is 10.3. The Kier molecular flexibility index (Phi) is 8.59. The van der Waals surface area contributed by atoms with Gasteiger partial charge in [-0.2, -0.15) is 8.62 Å². The van der Waals surface area contributed by atoms with Gasteiger partial charge in [-0.1, -0.05) is 0 Å². The van der Waals surface area contributed by atoms with Gasteiger partial charge >= 0.3 is 53.0 Å². The molecule has 31 heavy (non-hydrogen) atoms. The molecule has 0 saturated carbocycles. The van der Waals surface area contributed by atoms with Crippen molar-refractivity contribution in [1.82, 2.24) is 19.5 Å². The first-order valence-corrected chi connectivity index (χ1v) is 12.3. The molecule has 3 rings (SSSR count). The number of aliphatic hydroxyl groups is 1. The molecule has 1 aliphatic heterocycles. The fourth-order valence-corrected chi connectivity index (χ4v) is 5.62. The van der Waals surface area contributed by atoms with Crippen molar-refractivity contribution in [2.45, 2.75) is 24.9 Å². The van der Waals surface area contributed by atoms with E-state index in [0.717, 1.165) is 0 Å². The maximum Gasteiger partial charge on any atom is 1.00 e. The van der Waals surface area contributed by atoms with Crippen LogP contribution in [0.2, 0.25) is 0 Å². The minimum atomic E-state index is -5.64. The molecule has 0 bridgehead atoms. The van der Waals surface area contributed by atoms with Crippen molar-refractivity contribution in [2.75, 3.05) is 12.3 Å². The number of nitrogen functional groups attached to an aromatic ring is 1. The number of hydrogen-bond donors (Lipinski definition) is 6. The molecule has 21 heteroatoms. The van der Waals surface area contributed by atoms with Gasteiger partial charge in [0.25, 0.3) is 0 Å². The summed E-state index contributed by atoms with van der Waals surface area (Å²) in [4.78, 5) is 47.4. The molecular weight excluding hydrogens is 513 g/mol. The average Bonchev–Trinajstić information content (AvgIpc) is 3.14. The van der Waals surface area contributed by atoms with Crippen LogP contribution in [0.3, 0.4) is 0 Å². The first-order chi connectivity index (χ1) is 13.8. The van der Waals surface area contributed by atoms with E-state index in [9.17, 15) is 23.7 Å². The van der Waals surface area contributed by atoms with Crippen molar-refractivity contribution in [3.63, 3.8) is 0 Å². The summed E-state index contributed by atoms with van der Waals surface area (Å²) in [7, 11) is -16.5. The molecule has 0 spiro atoms. The zero-order valence-electron chi connectivity index (χ0n) is 15.6. The molecule has 2 aromatic heterocycles. The standard InChI is InChI=1S/C10H16N5O12P3.Na/c11-9-8-10(13-3-12-9)15(4-14-8)7-1-5(16)6(25-7)2-24-29(20,21)27-30(22,23)26-28(17,18)19;/h3-7,16H,1-2H2,(H,20,21)(H,22,23)(H2,11,12,13)(H2,17,18,19);/q;+1/t5-,6+,7+;/m0./s1/i1+1,2+1,3+1,4+1,5+1,6+1,7+1,8+1,9+1,10+1,11+1,12+1,13+1,14+1,15+1;. The van der Waals surface area contributed by atoms with Crippen LogP contribution >= 0.6 is 23.5 Å². The van der Waals surface area contributed by atoms with Crippen LogP contribution in [-0.4, -0.2) is 63.0 Å².